The van der Waals surface area contributed by atoms with Crippen molar-refractivity contribution < 1.29 is 4.74 Å². The fourth-order valence-corrected chi connectivity index (χ4v) is 2.17. The number of nitrogens with zero attached hydrogens (tertiary/aromatic N) is 2. The SMILES string of the molecule is CCCc1n[nH]c(=S)n1CCCOc1ccccc1. The van der Waals surface area contributed by atoms with E-state index in [2.05, 4.69) is 21.7 Å². The molecule has 1 heterocycles. The number of hydrogen-bond donors (Lipinski definition) is 1. The lowest BCUT2D eigenvalue weighted by Crippen LogP contribution is -2.08. The van der Waals surface area contributed by atoms with Gasteiger partial charge in [0, 0.05) is 13.0 Å². The minimum atomic E-state index is 0.683. The van der Waals surface area contributed by atoms with Crippen LogP contribution in [0.1, 0.15) is 25.6 Å². The van der Waals surface area contributed by atoms with Gasteiger partial charge < -0.3 is 9.30 Å². The smallest absolute Gasteiger partial charge is 0.195 e. The van der Waals surface area contributed by atoms with Crippen LogP contribution in [0.4, 0.5) is 0 Å². The van der Waals surface area contributed by atoms with Crippen LogP contribution < -0.4 is 4.74 Å². The third kappa shape index (κ3) is 3.92. The Morgan fingerprint density at radius 3 is 2.84 bits per heavy atom. The van der Waals surface area contributed by atoms with Crippen molar-refractivity contribution in [2.24, 2.45) is 0 Å². The number of ether oxygens (including phenoxy) is 1. The maximum absolute atomic E-state index is 5.67. The van der Waals surface area contributed by atoms with Gasteiger partial charge in [0.25, 0.3) is 0 Å². The lowest BCUT2D eigenvalue weighted by Gasteiger charge is -2.08. The number of hydrogen-bond acceptors (Lipinski definition) is 3. The second-order valence-corrected chi connectivity index (χ2v) is 4.75. The van der Waals surface area contributed by atoms with Crippen LogP contribution in [-0.4, -0.2) is 21.4 Å². The van der Waals surface area contributed by atoms with Crippen molar-refractivity contribution in [3.8, 4) is 5.75 Å². The first-order chi connectivity index (χ1) is 9.31. The van der Waals surface area contributed by atoms with Crippen LogP contribution in [0.2, 0.25) is 0 Å². The highest BCUT2D eigenvalue weighted by Crippen LogP contribution is 2.09. The van der Waals surface area contributed by atoms with Gasteiger partial charge in [-0.25, -0.2) is 0 Å². The molecule has 0 amide bonds. The summed E-state index contributed by atoms with van der Waals surface area (Å²) in [7, 11) is 0. The van der Waals surface area contributed by atoms with E-state index in [1.807, 2.05) is 30.3 Å². The first kappa shape index (κ1) is 13.8. The average Bonchev–Trinajstić information content (AvgIpc) is 2.78. The van der Waals surface area contributed by atoms with Gasteiger partial charge in [-0.3, -0.25) is 5.10 Å². The molecule has 102 valence electrons. The highest BCUT2D eigenvalue weighted by atomic mass is 32.1. The maximum Gasteiger partial charge on any atom is 0.195 e. The van der Waals surface area contributed by atoms with Crippen molar-refractivity contribution in [1.82, 2.24) is 14.8 Å². The molecule has 0 saturated heterocycles. The van der Waals surface area contributed by atoms with Crippen LogP contribution in [0, 0.1) is 4.77 Å². The van der Waals surface area contributed by atoms with E-state index in [9.17, 15) is 0 Å². The Balaban J connectivity index is 1.83. The molecule has 1 aromatic heterocycles. The van der Waals surface area contributed by atoms with E-state index >= 15 is 0 Å². The van der Waals surface area contributed by atoms with E-state index in [-0.39, 0.29) is 0 Å². The van der Waals surface area contributed by atoms with E-state index < -0.39 is 0 Å². The summed E-state index contributed by atoms with van der Waals surface area (Å²) in [5, 5.41) is 7.10. The van der Waals surface area contributed by atoms with Crippen molar-refractivity contribution in [1.29, 1.82) is 0 Å². The minimum absolute atomic E-state index is 0.683. The minimum Gasteiger partial charge on any atom is -0.494 e. The lowest BCUT2D eigenvalue weighted by molar-refractivity contribution is 0.300. The molecule has 0 fully saturated rings. The quantitative estimate of drug-likeness (QED) is 0.623. The molecule has 0 aliphatic heterocycles. The van der Waals surface area contributed by atoms with Crippen LogP contribution in [0.15, 0.2) is 30.3 Å². The highest BCUT2D eigenvalue weighted by Gasteiger charge is 2.04. The van der Waals surface area contributed by atoms with Crippen LogP contribution in [0.25, 0.3) is 0 Å². The first-order valence-electron chi connectivity index (χ1n) is 6.63. The summed E-state index contributed by atoms with van der Waals surface area (Å²) >= 11 is 5.23. The van der Waals surface area contributed by atoms with Crippen molar-refractivity contribution in [2.75, 3.05) is 6.61 Å². The first-order valence-corrected chi connectivity index (χ1v) is 7.04. The van der Waals surface area contributed by atoms with Crippen molar-refractivity contribution in [2.45, 2.75) is 32.7 Å². The van der Waals surface area contributed by atoms with Gasteiger partial charge in [-0.2, -0.15) is 5.10 Å². The van der Waals surface area contributed by atoms with Gasteiger partial charge in [-0.1, -0.05) is 25.1 Å². The molecule has 0 unspecified atom stereocenters. The molecule has 4 nitrogen and oxygen atoms in total. The molecular formula is C14H19N3OS. The zero-order valence-corrected chi connectivity index (χ0v) is 11.9. The number of aromatic nitrogens is 3. The van der Waals surface area contributed by atoms with Gasteiger partial charge in [0.2, 0.25) is 0 Å². The van der Waals surface area contributed by atoms with E-state index in [0.29, 0.717) is 11.4 Å². The number of aromatic amines is 1. The largest absolute Gasteiger partial charge is 0.494 e. The molecule has 19 heavy (non-hydrogen) atoms. The number of benzene rings is 1. The van der Waals surface area contributed by atoms with E-state index in [1.54, 1.807) is 0 Å². The monoisotopic (exact) mass is 277 g/mol. The number of rotatable bonds is 7. The van der Waals surface area contributed by atoms with Crippen molar-refractivity contribution in [3.63, 3.8) is 0 Å². The van der Waals surface area contributed by atoms with Gasteiger partial charge in [0.15, 0.2) is 4.77 Å². The molecule has 2 rings (SSSR count). The highest BCUT2D eigenvalue weighted by molar-refractivity contribution is 7.71. The Kier molecular flexibility index (Phi) is 5.15. The zero-order chi connectivity index (χ0) is 13.5. The van der Waals surface area contributed by atoms with Gasteiger partial charge in [-0.05, 0) is 37.2 Å². The second-order valence-electron chi connectivity index (χ2n) is 4.36. The molecular weight excluding hydrogens is 258 g/mol. The summed E-state index contributed by atoms with van der Waals surface area (Å²) in [6.07, 6.45) is 2.94. The van der Waals surface area contributed by atoms with Crippen LogP contribution in [0.3, 0.4) is 0 Å². The standard InChI is InChI=1S/C14H19N3OS/c1-2-7-13-15-16-14(19)17(13)10-6-11-18-12-8-4-3-5-9-12/h3-5,8-9H,2,6-7,10-11H2,1H3,(H,16,19). The number of para-hydroxylation sites is 1. The summed E-state index contributed by atoms with van der Waals surface area (Å²) in [4.78, 5) is 0. The predicted octanol–water partition coefficient (Wildman–Crippen LogP) is 3.36. The molecule has 0 radical (unpaired) electrons. The molecule has 0 spiro atoms. The molecule has 5 heteroatoms. The summed E-state index contributed by atoms with van der Waals surface area (Å²) in [6.45, 7) is 3.67. The van der Waals surface area contributed by atoms with E-state index in [4.69, 9.17) is 17.0 Å². The van der Waals surface area contributed by atoms with Crippen LogP contribution in [-0.2, 0) is 13.0 Å². The fourth-order valence-electron chi connectivity index (χ4n) is 1.92. The molecule has 0 aliphatic rings. The van der Waals surface area contributed by atoms with Crippen molar-refractivity contribution in [3.05, 3.63) is 40.9 Å². The van der Waals surface area contributed by atoms with Gasteiger partial charge in [0.1, 0.15) is 11.6 Å². The van der Waals surface area contributed by atoms with Gasteiger partial charge in [0.05, 0.1) is 6.61 Å². The summed E-state index contributed by atoms with van der Waals surface area (Å²) in [6, 6.07) is 9.86. The number of nitrogens with one attached hydrogen (secondary N) is 1. The Labute approximate surface area is 118 Å². The molecule has 2 aromatic rings. The average molecular weight is 277 g/mol. The maximum atomic E-state index is 5.67. The van der Waals surface area contributed by atoms with Crippen molar-refractivity contribution >= 4 is 12.2 Å². The summed E-state index contributed by atoms with van der Waals surface area (Å²) in [5.41, 5.74) is 0. The van der Waals surface area contributed by atoms with Crippen LogP contribution >= 0.6 is 12.2 Å². The van der Waals surface area contributed by atoms with Gasteiger partial charge in [-0.15, -0.1) is 0 Å². The predicted molar refractivity (Wildman–Crippen MR) is 78.0 cm³/mol. The zero-order valence-electron chi connectivity index (χ0n) is 11.1. The summed E-state index contributed by atoms with van der Waals surface area (Å²) in [5.74, 6) is 1.94. The Hall–Kier alpha value is -1.62. The molecule has 0 bridgehead atoms. The molecule has 1 N–H and O–H groups in total. The number of H-pyrrole nitrogens is 1. The van der Waals surface area contributed by atoms with E-state index in [0.717, 1.165) is 37.4 Å². The Morgan fingerprint density at radius 1 is 1.32 bits per heavy atom. The number of aryl methyl sites for hydroxylation is 1. The molecule has 0 saturated carbocycles. The Bertz CT molecular complexity index is 547. The fraction of sp³-hybridized carbons (Fsp3) is 0.429. The Morgan fingerprint density at radius 2 is 2.11 bits per heavy atom. The molecule has 0 atom stereocenters. The molecule has 0 aliphatic carbocycles. The van der Waals surface area contributed by atoms with Crippen LogP contribution in [0.5, 0.6) is 5.75 Å². The van der Waals surface area contributed by atoms with Gasteiger partial charge >= 0.3 is 0 Å². The topological polar surface area (TPSA) is 42.8 Å². The normalized spacial score (nSPS) is 10.6. The summed E-state index contributed by atoms with van der Waals surface area (Å²) < 4.78 is 8.43. The molecule has 1 aromatic carbocycles. The second kappa shape index (κ2) is 7.09. The lowest BCUT2D eigenvalue weighted by atomic mass is 10.3. The third-order valence-electron chi connectivity index (χ3n) is 2.85. The van der Waals surface area contributed by atoms with E-state index in [1.165, 1.54) is 0 Å². The third-order valence-corrected chi connectivity index (χ3v) is 3.16.